The lowest BCUT2D eigenvalue weighted by Crippen LogP contribution is -2.45. The molecule has 7 nitrogen and oxygen atoms in total. The predicted octanol–water partition coefficient (Wildman–Crippen LogP) is 1.97. The van der Waals surface area contributed by atoms with Crippen molar-refractivity contribution >= 4 is 5.91 Å². The van der Waals surface area contributed by atoms with Gasteiger partial charge in [0.05, 0.1) is 5.92 Å². The fraction of sp³-hybridized carbons (Fsp3) is 0.556. The first-order valence-electron chi connectivity index (χ1n) is 9.02. The molecular weight excluding hydrogens is 318 g/mol. The van der Waals surface area contributed by atoms with Crippen LogP contribution in [0.2, 0.25) is 0 Å². The summed E-state index contributed by atoms with van der Waals surface area (Å²) in [5.41, 5.74) is 6.78. The number of hydrogen-bond donors (Lipinski definition) is 1. The Kier molecular flexibility index (Phi) is 4.48. The van der Waals surface area contributed by atoms with Gasteiger partial charge >= 0.3 is 0 Å². The molecule has 1 aliphatic heterocycles. The molecule has 1 amide bonds. The summed E-state index contributed by atoms with van der Waals surface area (Å²) >= 11 is 0. The zero-order valence-electron chi connectivity index (χ0n) is 14.2. The van der Waals surface area contributed by atoms with E-state index in [1.165, 1.54) is 0 Å². The van der Waals surface area contributed by atoms with Gasteiger partial charge in [0.15, 0.2) is 0 Å². The number of carbonyl (C=O) groups excluding carboxylic acids is 1. The second-order valence-electron chi connectivity index (χ2n) is 6.97. The number of rotatable bonds is 3. The lowest BCUT2D eigenvalue weighted by molar-refractivity contribution is -0.136. The minimum absolute atomic E-state index is 0.00992. The van der Waals surface area contributed by atoms with Crippen LogP contribution in [-0.2, 0) is 4.79 Å². The molecule has 0 spiro atoms. The van der Waals surface area contributed by atoms with Crippen molar-refractivity contribution in [2.24, 2.45) is 11.7 Å². The summed E-state index contributed by atoms with van der Waals surface area (Å²) in [6.45, 7) is 1.46. The average Bonchev–Trinajstić information content (AvgIpc) is 3.31. The van der Waals surface area contributed by atoms with E-state index in [0.29, 0.717) is 17.4 Å². The molecule has 2 fully saturated rings. The van der Waals surface area contributed by atoms with Gasteiger partial charge in [0, 0.05) is 31.2 Å². The molecule has 1 saturated carbocycles. The number of nitrogens with zero attached hydrogens (tertiary/aromatic N) is 4. The van der Waals surface area contributed by atoms with Crippen LogP contribution in [0, 0.1) is 5.92 Å². The molecule has 0 radical (unpaired) electrons. The molecule has 2 aromatic heterocycles. The average molecular weight is 341 g/mol. The third-order valence-electron chi connectivity index (χ3n) is 5.38. The Morgan fingerprint density at radius 2 is 2.04 bits per heavy atom. The number of carbonyl (C=O) groups is 1. The van der Waals surface area contributed by atoms with E-state index in [-0.39, 0.29) is 23.8 Å². The molecule has 0 aromatic carbocycles. The van der Waals surface area contributed by atoms with E-state index in [1.54, 1.807) is 6.20 Å². The standard InChI is InChI=1S/C18H23N5O2/c19-14-5-3-4-13(14)18(24)23-10-7-12(8-11-23)17-21-16(22-25-17)15-6-1-2-9-20-15/h1-2,6,9,12-14H,3-5,7-8,10-11,19H2/t13-,14-/m1/s1. The molecule has 0 unspecified atom stereocenters. The van der Waals surface area contributed by atoms with Gasteiger partial charge in [-0.3, -0.25) is 9.78 Å². The van der Waals surface area contributed by atoms with Crippen LogP contribution >= 0.6 is 0 Å². The van der Waals surface area contributed by atoms with Crippen molar-refractivity contribution in [3.05, 3.63) is 30.3 Å². The number of hydrogen-bond acceptors (Lipinski definition) is 6. The summed E-state index contributed by atoms with van der Waals surface area (Å²) in [6, 6.07) is 5.65. The normalized spacial score (nSPS) is 24.6. The van der Waals surface area contributed by atoms with E-state index < -0.39 is 0 Å². The van der Waals surface area contributed by atoms with E-state index in [0.717, 1.165) is 45.2 Å². The molecule has 2 atom stereocenters. The Balaban J connectivity index is 1.37. The lowest BCUT2D eigenvalue weighted by atomic mass is 9.94. The first kappa shape index (κ1) is 16.2. The molecule has 3 heterocycles. The number of nitrogens with two attached hydrogens (primary N) is 1. The first-order valence-corrected chi connectivity index (χ1v) is 9.02. The van der Waals surface area contributed by atoms with Crippen LogP contribution in [0.4, 0.5) is 0 Å². The summed E-state index contributed by atoms with van der Waals surface area (Å²) < 4.78 is 5.45. The Labute approximate surface area is 146 Å². The second kappa shape index (κ2) is 6.92. The molecule has 2 aromatic rings. The minimum atomic E-state index is 0.00992. The molecule has 7 heteroatoms. The second-order valence-corrected chi connectivity index (χ2v) is 6.97. The van der Waals surface area contributed by atoms with Crippen LogP contribution in [0.5, 0.6) is 0 Å². The SMILES string of the molecule is N[C@@H]1CCC[C@H]1C(=O)N1CCC(c2nc(-c3ccccn3)no2)CC1. The van der Waals surface area contributed by atoms with Crippen LogP contribution in [0.15, 0.2) is 28.9 Å². The predicted molar refractivity (Wildman–Crippen MR) is 91.4 cm³/mol. The molecule has 2 aliphatic rings. The molecule has 4 rings (SSSR count). The summed E-state index contributed by atoms with van der Waals surface area (Å²) in [4.78, 5) is 23.3. The molecule has 1 saturated heterocycles. The maximum atomic E-state index is 12.6. The van der Waals surface area contributed by atoms with Crippen LogP contribution in [0.1, 0.15) is 43.9 Å². The zero-order chi connectivity index (χ0) is 17.2. The highest BCUT2D eigenvalue weighted by Crippen LogP contribution is 2.31. The van der Waals surface area contributed by atoms with Gasteiger partial charge in [-0.05, 0) is 37.8 Å². The number of amides is 1. The van der Waals surface area contributed by atoms with Crippen LogP contribution in [-0.4, -0.2) is 45.1 Å². The maximum absolute atomic E-state index is 12.6. The molecule has 25 heavy (non-hydrogen) atoms. The summed E-state index contributed by atoms with van der Waals surface area (Å²) in [7, 11) is 0. The van der Waals surface area contributed by atoms with E-state index in [4.69, 9.17) is 10.3 Å². The van der Waals surface area contributed by atoms with E-state index in [9.17, 15) is 4.79 Å². The third kappa shape index (κ3) is 3.28. The van der Waals surface area contributed by atoms with Gasteiger partial charge in [0.25, 0.3) is 0 Å². The van der Waals surface area contributed by atoms with Crippen molar-refractivity contribution in [1.29, 1.82) is 0 Å². The monoisotopic (exact) mass is 341 g/mol. The lowest BCUT2D eigenvalue weighted by Gasteiger charge is -2.33. The smallest absolute Gasteiger partial charge is 0.230 e. The number of piperidine rings is 1. The fourth-order valence-electron chi connectivity index (χ4n) is 3.88. The van der Waals surface area contributed by atoms with Gasteiger partial charge in [-0.15, -0.1) is 0 Å². The van der Waals surface area contributed by atoms with Gasteiger partial charge in [-0.1, -0.05) is 17.6 Å². The summed E-state index contributed by atoms with van der Waals surface area (Å²) in [6.07, 6.45) is 6.35. The molecule has 0 bridgehead atoms. The van der Waals surface area contributed by atoms with Gasteiger partial charge in [-0.25, -0.2) is 0 Å². The molecular formula is C18H23N5O2. The molecule has 2 N–H and O–H groups in total. The van der Waals surface area contributed by atoms with Crippen molar-refractivity contribution in [2.75, 3.05) is 13.1 Å². The van der Waals surface area contributed by atoms with Crippen LogP contribution in [0.25, 0.3) is 11.5 Å². The molecule has 132 valence electrons. The summed E-state index contributed by atoms with van der Waals surface area (Å²) in [5, 5.41) is 4.04. The summed E-state index contributed by atoms with van der Waals surface area (Å²) in [5.74, 6) is 1.60. The van der Waals surface area contributed by atoms with Gasteiger partial charge in [-0.2, -0.15) is 4.98 Å². The minimum Gasteiger partial charge on any atom is -0.342 e. The van der Waals surface area contributed by atoms with E-state index >= 15 is 0 Å². The maximum Gasteiger partial charge on any atom is 0.230 e. The topological polar surface area (TPSA) is 98.1 Å². The highest BCUT2D eigenvalue weighted by atomic mass is 16.5. The number of pyridine rings is 1. The van der Waals surface area contributed by atoms with Gasteiger partial charge in [0.2, 0.25) is 17.6 Å². The Morgan fingerprint density at radius 3 is 2.72 bits per heavy atom. The van der Waals surface area contributed by atoms with Crippen molar-refractivity contribution in [1.82, 2.24) is 20.0 Å². The zero-order valence-corrected chi connectivity index (χ0v) is 14.2. The number of likely N-dealkylation sites (tertiary alicyclic amines) is 1. The highest BCUT2D eigenvalue weighted by molar-refractivity contribution is 5.80. The van der Waals surface area contributed by atoms with E-state index in [2.05, 4.69) is 15.1 Å². The van der Waals surface area contributed by atoms with Gasteiger partial charge < -0.3 is 15.2 Å². The largest absolute Gasteiger partial charge is 0.342 e. The Bertz CT molecular complexity index is 724. The third-order valence-corrected chi connectivity index (χ3v) is 5.38. The number of aromatic nitrogens is 3. The Hall–Kier alpha value is -2.28. The Morgan fingerprint density at radius 1 is 1.20 bits per heavy atom. The molecule has 1 aliphatic carbocycles. The van der Waals surface area contributed by atoms with Gasteiger partial charge in [0.1, 0.15) is 5.69 Å². The van der Waals surface area contributed by atoms with Crippen molar-refractivity contribution in [2.45, 2.75) is 44.1 Å². The first-order chi connectivity index (χ1) is 12.2. The highest BCUT2D eigenvalue weighted by Gasteiger charge is 2.35. The van der Waals surface area contributed by atoms with E-state index in [1.807, 2.05) is 23.1 Å². The van der Waals surface area contributed by atoms with Crippen LogP contribution in [0.3, 0.4) is 0 Å². The van der Waals surface area contributed by atoms with Crippen molar-refractivity contribution in [3.8, 4) is 11.5 Å². The van der Waals surface area contributed by atoms with Crippen molar-refractivity contribution in [3.63, 3.8) is 0 Å². The van der Waals surface area contributed by atoms with Crippen molar-refractivity contribution < 1.29 is 9.32 Å². The fourth-order valence-corrected chi connectivity index (χ4v) is 3.88. The van der Waals surface area contributed by atoms with Crippen LogP contribution < -0.4 is 5.73 Å². The quantitative estimate of drug-likeness (QED) is 0.916.